The number of carbonyl (C=O) groups is 3. The number of amides is 3. The predicted octanol–water partition coefficient (Wildman–Crippen LogP) is 4.46. The van der Waals surface area contributed by atoms with Gasteiger partial charge in [0.2, 0.25) is 5.91 Å². The molecular formula is C26H27N3O5. The number of carboxylic acids is 1. The third kappa shape index (κ3) is 7.37. The number of para-hydroxylation sites is 1. The zero-order valence-electron chi connectivity index (χ0n) is 19.0. The van der Waals surface area contributed by atoms with Gasteiger partial charge in [0.15, 0.2) is 0 Å². The van der Waals surface area contributed by atoms with Crippen LogP contribution >= 0.6 is 0 Å². The molecule has 176 valence electrons. The molecule has 3 aromatic rings. The SMILES string of the molecule is Cc1ccccc1NC(=O)Nc1ccc(CC(=O)NC(C)COc2ccc(C(=O)O)cc2)cc1. The number of aromatic carboxylic acids is 1. The molecule has 34 heavy (non-hydrogen) atoms. The van der Waals surface area contributed by atoms with Crippen molar-refractivity contribution in [3.05, 3.63) is 89.5 Å². The van der Waals surface area contributed by atoms with E-state index in [-0.39, 0.29) is 36.6 Å². The van der Waals surface area contributed by atoms with Gasteiger partial charge in [-0.1, -0.05) is 30.3 Å². The highest BCUT2D eigenvalue weighted by Gasteiger charge is 2.10. The largest absolute Gasteiger partial charge is 0.491 e. The summed E-state index contributed by atoms with van der Waals surface area (Å²) in [6.07, 6.45) is 0.188. The first-order chi connectivity index (χ1) is 16.3. The second-order valence-corrected chi connectivity index (χ2v) is 7.88. The number of benzene rings is 3. The van der Waals surface area contributed by atoms with Crippen LogP contribution in [-0.4, -0.2) is 35.7 Å². The van der Waals surface area contributed by atoms with Crippen LogP contribution < -0.4 is 20.7 Å². The molecule has 0 saturated carbocycles. The molecule has 0 heterocycles. The van der Waals surface area contributed by atoms with E-state index in [1.807, 2.05) is 38.1 Å². The summed E-state index contributed by atoms with van der Waals surface area (Å²) < 4.78 is 5.60. The molecule has 4 N–H and O–H groups in total. The minimum absolute atomic E-state index is 0.157. The molecule has 0 aliphatic rings. The maximum atomic E-state index is 12.3. The molecule has 0 radical (unpaired) electrons. The van der Waals surface area contributed by atoms with Gasteiger partial charge in [-0.3, -0.25) is 4.79 Å². The van der Waals surface area contributed by atoms with Crippen molar-refractivity contribution in [3.8, 4) is 5.75 Å². The van der Waals surface area contributed by atoms with E-state index in [1.54, 1.807) is 36.4 Å². The van der Waals surface area contributed by atoms with Crippen LogP contribution in [0.25, 0.3) is 0 Å². The normalized spacial score (nSPS) is 11.2. The summed E-state index contributed by atoms with van der Waals surface area (Å²) in [6, 6.07) is 20.1. The first kappa shape index (κ1) is 24.3. The summed E-state index contributed by atoms with van der Waals surface area (Å²) in [5.41, 5.74) is 3.31. The first-order valence-electron chi connectivity index (χ1n) is 10.8. The topological polar surface area (TPSA) is 117 Å². The zero-order chi connectivity index (χ0) is 24.5. The van der Waals surface area contributed by atoms with Gasteiger partial charge in [-0.15, -0.1) is 0 Å². The molecule has 1 atom stereocenters. The molecule has 0 bridgehead atoms. The number of aryl methyl sites for hydroxylation is 1. The Bertz CT molecular complexity index is 1140. The summed E-state index contributed by atoms with van der Waals surface area (Å²) in [6.45, 7) is 3.99. The average molecular weight is 462 g/mol. The number of carbonyl (C=O) groups excluding carboxylic acids is 2. The molecule has 0 aliphatic carbocycles. The third-order valence-electron chi connectivity index (χ3n) is 4.98. The highest BCUT2D eigenvalue weighted by molar-refractivity contribution is 6.00. The van der Waals surface area contributed by atoms with Crippen molar-refractivity contribution in [1.82, 2.24) is 5.32 Å². The molecule has 0 aromatic heterocycles. The highest BCUT2D eigenvalue weighted by atomic mass is 16.5. The summed E-state index contributed by atoms with van der Waals surface area (Å²) in [7, 11) is 0. The Morgan fingerprint density at radius 2 is 1.59 bits per heavy atom. The van der Waals surface area contributed by atoms with E-state index in [4.69, 9.17) is 9.84 Å². The van der Waals surface area contributed by atoms with Crippen molar-refractivity contribution >= 4 is 29.3 Å². The number of rotatable bonds is 9. The van der Waals surface area contributed by atoms with Gasteiger partial charge in [-0.2, -0.15) is 0 Å². The van der Waals surface area contributed by atoms with Crippen LogP contribution in [0.2, 0.25) is 0 Å². The molecule has 0 fully saturated rings. The Hall–Kier alpha value is -4.33. The second-order valence-electron chi connectivity index (χ2n) is 7.88. The number of anilines is 2. The number of nitrogens with one attached hydrogen (secondary N) is 3. The summed E-state index contributed by atoms with van der Waals surface area (Å²) in [5, 5.41) is 17.4. The van der Waals surface area contributed by atoms with E-state index in [0.29, 0.717) is 11.4 Å². The molecule has 3 rings (SSSR count). The molecular weight excluding hydrogens is 434 g/mol. The van der Waals surface area contributed by atoms with Gasteiger partial charge in [-0.05, 0) is 67.4 Å². The zero-order valence-corrected chi connectivity index (χ0v) is 19.0. The van der Waals surface area contributed by atoms with Crippen LogP contribution in [0.5, 0.6) is 5.75 Å². The number of hydrogen-bond acceptors (Lipinski definition) is 4. The van der Waals surface area contributed by atoms with Crippen molar-refractivity contribution in [2.45, 2.75) is 26.3 Å². The molecule has 8 nitrogen and oxygen atoms in total. The van der Waals surface area contributed by atoms with Crippen molar-refractivity contribution in [3.63, 3.8) is 0 Å². The lowest BCUT2D eigenvalue weighted by Gasteiger charge is -2.15. The molecule has 3 amide bonds. The van der Waals surface area contributed by atoms with Gasteiger partial charge in [0.1, 0.15) is 12.4 Å². The maximum absolute atomic E-state index is 12.3. The molecule has 8 heteroatoms. The lowest BCUT2D eigenvalue weighted by Crippen LogP contribution is -2.37. The molecule has 0 saturated heterocycles. The summed E-state index contributed by atoms with van der Waals surface area (Å²) in [5.74, 6) is -0.627. The number of ether oxygens (including phenoxy) is 1. The highest BCUT2D eigenvalue weighted by Crippen LogP contribution is 2.15. The number of hydrogen-bond donors (Lipinski definition) is 4. The number of urea groups is 1. The Balaban J connectivity index is 1.42. The van der Waals surface area contributed by atoms with Gasteiger partial charge in [0, 0.05) is 11.4 Å². The summed E-state index contributed by atoms with van der Waals surface area (Å²) >= 11 is 0. The fraction of sp³-hybridized carbons (Fsp3) is 0.192. The van der Waals surface area contributed by atoms with E-state index in [0.717, 1.165) is 16.8 Å². The smallest absolute Gasteiger partial charge is 0.335 e. The predicted molar refractivity (Wildman–Crippen MR) is 130 cm³/mol. The van der Waals surface area contributed by atoms with Crippen molar-refractivity contribution < 1.29 is 24.2 Å². The minimum Gasteiger partial charge on any atom is -0.491 e. The van der Waals surface area contributed by atoms with E-state index in [2.05, 4.69) is 16.0 Å². The van der Waals surface area contributed by atoms with Gasteiger partial charge >= 0.3 is 12.0 Å². The Morgan fingerprint density at radius 1 is 0.912 bits per heavy atom. The van der Waals surface area contributed by atoms with Gasteiger partial charge in [0.05, 0.1) is 18.0 Å². The van der Waals surface area contributed by atoms with Crippen LogP contribution in [0, 0.1) is 6.92 Å². The van der Waals surface area contributed by atoms with E-state index < -0.39 is 5.97 Å². The average Bonchev–Trinajstić information content (AvgIpc) is 2.80. The van der Waals surface area contributed by atoms with E-state index in [1.165, 1.54) is 12.1 Å². The van der Waals surface area contributed by atoms with Crippen LogP contribution in [0.4, 0.5) is 16.2 Å². The lowest BCUT2D eigenvalue weighted by molar-refractivity contribution is -0.121. The van der Waals surface area contributed by atoms with Gasteiger partial charge < -0.3 is 25.8 Å². The quantitative estimate of drug-likeness (QED) is 0.375. The van der Waals surface area contributed by atoms with Gasteiger partial charge in [0.25, 0.3) is 0 Å². The van der Waals surface area contributed by atoms with E-state index >= 15 is 0 Å². The third-order valence-corrected chi connectivity index (χ3v) is 4.98. The van der Waals surface area contributed by atoms with Crippen LogP contribution in [0.1, 0.15) is 28.4 Å². The second kappa shape index (κ2) is 11.5. The standard InChI is InChI=1S/C26H27N3O5/c1-17-5-3-4-6-23(17)29-26(33)28-21-11-7-19(8-12-21)15-24(30)27-18(2)16-34-22-13-9-20(10-14-22)25(31)32/h3-14,18H,15-16H2,1-2H3,(H,27,30)(H,31,32)(H2,28,29,33). The molecule has 0 spiro atoms. The van der Waals surface area contributed by atoms with Crippen molar-refractivity contribution in [2.24, 2.45) is 0 Å². The van der Waals surface area contributed by atoms with Crippen LogP contribution in [0.3, 0.4) is 0 Å². The van der Waals surface area contributed by atoms with Crippen LogP contribution in [0.15, 0.2) is 72.8 Å². The minimum atomic E-state index is -0.999. The van der Waals surface area contributed by atoms with Gasteiger partial charge in [-0.25, -0.2) is 9.59 Å². The lowest BCUT2D eigenvalue weighted by atomic mass is 10.1. The Labute approximate surface area is 198 Å². The van der Waals surface area contributed by atoms with E-state index in [9.17, 15) is 14.4 Å². The van der Waals surface area contributed by atoms with Crippen molar-refractivity contribution in [2.75, 3.05) is 17.2 Å². The summed E-state index contributed by atoms with van der Waals surface area (Å²) in [4.78, 5) is 35.4. The number of carboxylic acid groups (broad SMARTS) is 1. The fourth-order valence-electron chi connectivity index (χ4n) is 3.17. The molecule has 1 unspecified atom stereocenters. The molecule has 0 aliphatic heterocycles. The fourth-order valence-corrected chi connectivity index (χ4v) is 3.17. The van der Waals surface area contributed by atoms with Crippen molar-refractivity contribution in [1.29, 1.82) is 0 Å². The Morgan fingerprint density at radius 3 is 2.24 bits per heavy atom. The monoisotopic (exact) mass is 461 g/mol. The first-order valence-corrected chi connectivity index (χ1v) is 10.8. The Kier molecular flexibility index (Phi) is 8.23. The maximum Gasteiger partial charge on any atom is 0.335 e. The molecule has 3 aromatic carbocycles. The van der Waals surface area contributed by atoms with Crippen LogP contribution in [-0.2, 0) is 11.2 Å².